The van der Waals surface area contributed by atoms with Crippen LogP contribution >= 0.6 is 0 Å². The first-order valence-corrected chi connectivity index (χ1v) is 6.62. The van der Waals surface area contributed by atoms with E-state index in [2.05, 4.69) is 6.92 Å². The van der Waals surface area contributed by atoms with Crippen molar-refractivity contribution >= 4 is 11.8 Å². The van der Waals surface area contributed by atoms with Gasteiger partial charge in [-0.3, -0.25) is 9.59 Å². The second kappa shape index (κ2) is 6.92. The molecule has 0 spiro atoms. The van der Waals surface area contributed by atoms with Gasteiger partial charge in [-0.1, -0.05) is 19.8 Å². The molecule has 0 atom stereocenters. The van der Waals surface area contributed by atoms with Crippen molar-refractivity contribution in [3.05, 3.63) is 34.9 Å². The highest BCUT2D eigenvalue weighted by atomic mass is 16.2. The van der Waals surface area contributed by atoms with Gasteiger partial charge in [0, 0.05) is 24.7 Å². The van der Waals surface area contributed by atoms with E-state index in [1.807, 2.05) is 6.92 Å². The number of nitrogens with zero attached hydrogens (tertiary/aromatic N) is 1. The summed E-state index contributed by atoms with van der Waals surface area (Å²) in [7, 11) is 1.78. The number of unbranched alkanes of at least 4 members (excludes halogenated alkanes) is 2. The third-order valence-electron chi connectivity index (χ3n) is 3.05. The topological polar surface area (TPSA) is 63.4 Å². The predicted molar refractivity (Wildman–Crippen MR) is 76.2 cm³/mol. The van der Waals surface area contributed by atoms with Gasteiger partial charge < -0.3 is 10.6 Å². The molecule has 0 aliphatic rings. The number of amides is 2. The van der Waals surface area contributed by atoms with Crippen LogP contribution in [0.3, 0.4) is 0 Å². The third-order valence-corrected chi connectivity index (χ3v) is 3.05. The normalized spacial score (nSPS) is 10.3. The van der Waals surface area contributed by atoms with Crippen molar-refractivity contribution in [2.75, 3.05) is 13.6 Å². The molecular weight excluding hydrogens is 240 g/mol. The third kappa shape index (κ3) is 4.39. The van der Waals surface area contributed by atoms with Gasteiger partial charge in [-0.25, -0.2) is 0 Å². The fraction of sp³-hybridized carbons (Fsp3) is 0.467. The van der Waals surface area contributed by atoms with E-state index in [4.69, 9.17) is 5.73 Å². The fourth-order valence-corrected chi connectivity index (χ4v) is 1.97. The molecule has 1 rings (SSSR count). The van der Waals surface area contributed by atoms with E-state index >= 15 is 0 Å². The Morgan fingerprint density at radius 3 is 2.37 bits per heavy atom. The standard InChI is InChI=1S/C15H22N2O2/c1-4-5-6-7-17(3)15(19)13-9-11(2)8-12(10-13)14(16)18/h8-10H,4-7H2,1-3H3,(H2,16,18). The molecule has 4 nitrogen and oxygen atoms in total. The van der Waals surface area contributed by atoms with Crippen molar-refractivity contribution in [3.63, 3.8) is 0 Å². The molecule has 0 bridgehead atoms. The van der Waals surface area contributed by atoms with Crippen molar-refractivity contribution < 1.29 is 9.59 Å². The Hall–Kier alpha value is -1.84. The molecule has 4 heteroatoms. The number of rotatable bonds is 6. The maximum absolute atomic E-state index is 12.2. The predicted octanol–water partition coefficient (Wildman–Crippen LogP) is 2.36. The highest BCUT2D eigenvalue weighted by Crippen LogP contribution is 2.12. The first-order chi connectivity index (χ1) is 8.95. The van der Waals surface area contributed by atoms with Crippen LogP contribution in [0.2, 0.25) is 0 Å². The van der Waals surface area contributed by atoms with Crippen LogP contribution in [0.15, 0.2) is 18.2 Å². The molecule has 0 saturated carbocycles. The number of hydrogen-bond acceptors (Lipinski definition) is 2. The molecule has 2 N–H and O–H groups in total. The quantitative estimate of drug-likeness (QED) is 0.800. The molecule has 0 saturated heterocycles. The Morgan fingerprint density at radius 1 is 1.16 bits per heavy atom. The van der Waals surface area contributed by atoms with E-state index in [0.29, 0.717) is 11.1 Å². The SMILES string of the molecule is CCCCCN(C)C(=O)c1cc(C)cc(C(N)=O)c1. The Kier molecular flexibility index (Phi) is 5.55. The van der Waals surface area contributed by atoms with E-state index in [9.17, 15) is 9.59 Å². The Balaban J connectivity index is 2.84. The Morgan fingerprint density at radius 2 is 1.79 bits per heavy atom. The number of carbonyl (C=O) groups excluding carboxylic acids is 2. The summed E-state index contributed by atoms with van der Waals surface area (Å²) in [5.74, 6) is -0.575. The molecule has 0 heterocycles. The summed E-state index contributed by atoms with van der Waals surface area (Å²) in [4.78, 5) is 25.1. The zero-order valence-electron chi connectivity index (χ0n) is 11.9. The molecule has 104 valence electrons. The lowest BCUT2D eigenvalue weighted by atomic mass is 10.1. The summed E-state index contributed by atoms with van der Waals surface area (Å²) in [5, 5.41) is 0. The maximum atomic E-state index is 12.2. The highest BCUT2D eigenvalue weighted by Gasteiger charge is 2.13. The Bertz CT molecular complexity index is 469. The average molecular weight is 262 g/mol. The zero-order chi connectivity index (χ0) is 14.4. The van der Waals surface area contributed by atoms with Gasteiger partial charge in [-0.05, 0) is 37.1 Å². The molecule has 0 radical (unpaired) electrons. The molecule has 0 unspecified atom stereocenters. The summed E-state index contributed by atoms with van der Waals surface area (Å²) in [6, 6.07) is 5.04. The minimum atomic E-state index is -0.508. The van der Waals surface area contributed by atoms with E-state index in [0.717, 1.165) is 31.4 Å². The van der Waals surface area contributed by atoms with Gasteiger partial charge in [-0.15, -0.1) is 0 Å². The second-order valence-corrected chi connectivity index (χ2v) is 4.89. The number of aryl methyl sites for hydroxylation is 1. The van der Waals surface area contributed by atoms with Crippen molar-refractivity contribution in [1.29, 1.82) is 0 Å². The van der Waals surface area contributed by atoms with Crippen molar-refractivity contribution in [2.24, 2.45) is 5.73 Å². The number of nitrogens with two attached hydrogens (primary N) is 1. The molecule has 19 heavy (non-hydrogen) atoms. The molecule has 2 amide bonds. The number of carbonyl (C=O) groups is 2. The number of benzene rings is 1. The molecule has 0 aliphatic carbocycles. The lowest BCUT2D eigenvalue weighted by Gasteiger charge is -2.17. The van der Waals surface area contributed by atoms with Crippen molar-refractivity contribution in [2.45, 2.75) is 33.1 Å². The zero-order valence-corrected chi connectivity index (χ0v) is 11.9. The summed E-state index contributed by atoms with van der Waals surface area (Å²) in [5.41, 5.74) is 7.03. The van der Waals surface area contributed by atoms with Gasteiger partial charge in [0.05, 0.1) is 0 Å². The van der Waals surface area contributed by atoms with Gasteiger partial charge in [0.25, 0.3) is 5.91 Å². The van der Waals surface area contributed by atoms with Gasteiger partial charge in [0.15, 0.2) is 0 Å². The maximum Gasteiger partial charge on any atom is 0.253 e. The second-order valence-electron chi connectivity index (χ2n) is 4.89. The van der Waals surface area contributed by atoms with Crippen LogP contribution in [0.4, 0.5) is 0 Å². The van der Waals surface area contributed by atoms with Gasteiger partial charge in [0.2, 0.25) is 5.91 Å². The van der Waals surface area contributed by atoms with E-state index in [1.165, 1.54) is 0 Å². The monoisotopic (exact) mass is 262 g/mol. The highest BCUT2D eigenvalue weighted by molar-refractivity contribution is 5.99. The smallest absolute Gasteiger partial charge is 0.253 e. The minimum Gasteiger partial charge on any atom is -0.366 e. The fourth-order valence-electron chi connectivity index (χ4n) is 1.97. The first-order valence-electron chi connectivity index (χ1n) is 6.62. The summed E-state index contributed by atoms with van der Waals surface area (Å²) < 4.78 is 0. The van der Waals surface area contributed by atoms with Crippen LogP contribution in [-0.4, -0.2) is 30.3 Å². The lowest BCUT2D eigenvalue weighted by molar-refractivity contribution is 0.0792. The summed E-state index contributed by atoms with van der Waals surface area (Å²) in [6.07, 6.45) is 3.23. The largest absolute Gasteiger partial charge is 0.366 e. The first kappa shape index (κ1) is 15.2. The van der Waals surface area contributed by atoms with Crippen LogP contribution in [0, 0.1) is 6.92 Å². The molecule has 1 aromatic carbocycles. The van der Waals surface area contributed by atoms with E-state index in [-0.39, 0.29) is 5.91 Å². The molecule has 0 aromatic heterocycles. The molecule has 0 aliphatic heterocycles. The van der Waals surface area contributed by atoms with Crippen LogP contribution < -0.4 is 5.73 Å². The van der Waals surface area contributed by atoms with Crippen LogP contribution in [0.1, 0.15) is 52.5 Å². The molecular formula is C15H22N2O2. The van der Waals surface area contributed by atoms with Gasteiger partial charge in [0.1, 0.15) is 0 Å². The van der Waals surface area contributed by atoms with Crippen LogP contribution in [0.5, 0.6) is 0 Å². The van der Waals surface area contributed by atoms with Crippen LogP contribution in [-0.2, 0) is 0 Å². The lowest BCUT2D eigenvalue weighted by Crippen LogP contribution is -2.28. The number of hydrogen-bond donors (Lipinski definition) is 1. The Labute approximate surface area is 114 Å². The number of primary amides is 1. The average Bonchev–Trinajstić information content (AvgIpc) is 2.37. The van der Waals surface area contributed by atoms with E-state index in [1.54, 1.807) is 30.1 Å². The van der Waals surface area contributed by atoms with Gasteiger partial charge in [-0.2, -0.15) is 0 Å². The summed E-state index contributed by atoms with van der Waals surface area (Å²) in [6.45, 7) is 4.70. The van der Waals surface area contributed by atoms with Crippen LogP contribution in [0.25, 0.3) is 0 Å². The minimum absolute atomic E-state index is 0.0673. The molecule has 0 fully saturated rings. The van der Waals surface area contributed by atoms with Crippen molar-refractivity contribution in [3.8, 4) is 0 Å². The van der Waals surface area contributed by atoms with Crippen molar-refractivity contribution in [1.82, 2.24) is 4.90 Å². The molecule has 1 aromatic rings. The van der Waals surface area contributed by atoms with Gasteiger partial charge >= 0.3 is 0 Å². The van der Waals surface area contributed by atoms with E-state index < -0.39 is 5.91 Å². The summed E-state index contributed by atoms with van der Waals surface area (Å²) >= 11 is 0.